The molecule has 0 aliphatic carbocycles. The summed E-state index contributed by atoms with van der Waals surface area (Å²) in [6.45, 7) is 8.02. The molecule has 3 heterocycles. The minimum absolute atomic E-state index is 0.00177. The largest absolute Gasteiger partial charge is 0.497 e. The maximum absolute atomic E-state index is 15.0. The van der Waals surface area contributed by atoms with Gasteiger partial charge in [0.25, 0.3) is 5.91 Å². The van der Waals surface area contributed by atoms with E-state index in [0.29, 0.717) is 25.2 Å². The van der Waals surface area contributed by atoms with Crippen molar-refractivity contribution in [2.24, 2.45) is 5.92 Å². The average molecular weight is 785 g/mol. The van der Waals surface area contributed by atoms with Gasteiger partial charge in [0, 0.05) is 21.6 Å². The van der Waals surface area contributed by atoms with Crippen LogP contribution in [0.4, 0.5) is 5.69 Å². The summed E-state index contributed by atoms with van der Waals surface area (Å²) in [5, 5.41) is 21.0. The Morgan fingerprint density at radius 3 is 2.39 bits per heavy atom. The van der Waals surface area contributed by atoms with Gasteiger partial charge in [-0.15, -0.1) is 5.10 Å². The Labute approximate surface area is 302 Å². The number of anilines is 1. The van der Waals surface area contributed by atoms with Gasteiger partial charge < -0.3 is 19.5 Å². The molecule has 252 valence electrons. The zero-order valence-corrected chi connectivity index (χ0v) is 31.3. The number of carbonyl (C=O) groups excluding carboxylic acids is 1. The van der Waals surface area contributed by atoms with Gasteiger partial charge in [0.2, 0.25) is 0 Å². The maximum atomic E-state index is 15.0. The molecule has 8 nitrogen and oxygen atoms in total. The zero-order valence-electron chi connectivity index (χ0n) is 28.2. The summed E-state index contributed by atoms with van der Waals surface area (Å²) < 4.78 is 15.6. The van der Waals surface area contributed by atoms with Gasteiger partial charge in [-0.2, -0.15) is 0 Å². The van der Waals surface area contributed by atoms with Crippen LogP contribution in [0.3, 0.4) is 0 Å². The van der Waals surface area contributed by atoms with Crippen molar-refractivity contribution in [3.8, 4) is 5.75 Å². The molecule has 1 fully saturated rings. The Kier molecular flexibility index (Phi) is 9.24. The SMILES string of the molecule is COc1ccc([Si](C)(C)[C@H]2[C@H](CCn3cc([C@H](O)c4ccccc4)nn3)O[C@@]3(C(=O)N(Cc4ccccc4)c4ccc(I)cc43)[C@@H]2C)cc1. The smallest absolute Gasteiger partial charge is 0.264 e. The molecule has 49 heavy (non-hydrogen) atoms. The fraction of sp³-hybridized carbons (Fsp3) is 0.308. The van der Waals surface area contributed by atoms with Crippen LogP contribution in [0.15, 0.2) is 109 Å². The summed E-state index contributed by atoms with van der Waals surface area (Å²) in [5.74, 6) is 0.725. The van der Waals surface area contributed by atoms with Crippen LogP contribution in [0.1, 0.15) is 41.8 Å². The highest BCUT2D eigenvalue weighted by Crippen LogP contribution is 2.60. The molecule has 1 spiro atoms. The van der Waals surface area contributed by atoms with E-state index in [4.69, 9.17) is 9.47 Å². The molecule has 2 aliphatic rings. The van der Waals surface area contributed by atoms with Crippen molar-refractivity contribution in [3.63, 3.8) is 0 Å². The summed E-state index contributed by atoms with van der Waals surface area (Å²) in [5.41, 5.74) is 3.20. The highest BCUT2D eigenvalue weighted by atomic mass is 127. The second-order valence-corrected chi connectivity index (χ2v) is 19.6. The first-order chi connectivity index (χ1) is 23.6. The average Bonchev–Trinajstić information content (AvgIpc) is 3.78. The van der Waals surface area contributed by atoms with Crippen LogP contribution in [0.25, 0.3) is 0 Å². The normalized spacial score (nSPS) is 22.4. The molecule has 2 aliphatic heterocycles. The number of hydrogen-bond donors (Lipinski definition) is 1. The van der Waals surface area contributed by atoms with Gasteiger partial charge in [0.1, 0.15) is 17.5 Å². The highest BCUT2D eigenvalue weighted by molar-refractivity contribution is 14.1. The lowest BCUT2D eigenvalue weighted by Gasteiger charge is -2.37. The van der Waals surface area contributed by atoms with E-state index < -0.39 is 19.8 Å². The summed E-state index contributed by atoms with van der Waals surface area (Å²) in [7, 11) is -0.611. The van der Waals surface area contributed by atoms with Crippen LogP contribution < -0.4 is 14.8 Å². The van der Waals surface area contributed by atoms with Gasteiger partial charge >= 0.3 is 0 Å². The number of nitrogens with zero attached hydrogens (tertiary/aromatic N) is 4. The molecule has 0 radical (unpaired) electrons. The Morgan fingerprint density at radius 1 is 1.00 bits per heavy atom. The minimum atomic E-state index is -2.30. The first-order valence-electron chi connectivity index (χ1n) is 16.7. The lowest BCUT2D eigenvalue weighted by Crippen LogP contribution is -2.51. The van der Waals surface area contributed by atoms with Crippen LogP contribution >= 0.6 is 22.6 Å². The Hall–Kier alpha value is -3.84. The van der Waals surface area contributed by atoms with Crippen molar-refractivity contribution in [1.29, 1.82) is 0 Å². The number of fused-ring (bicyclic) bond motifs is 2. The monoisotopic (exact) mass is 784 g/mol. The fourth-order valence-corrected chi connectivity index (χ4v) is 12.6. The van der Waals surface area contributed by atoms with E-state index >= 15 is 0 Å². The van der Waals surface area contributed by atoms with Crippen LogP contribution in [0.2, 0.25) is 18.6 Å². The molecule has 10 heteroatoms. The molecule has 1 amide bonds. The molecule has 1 N–H and O–H groups in total. The lowest BCUT2D eigenvalue weighted by atomic mass is 9.82. The Balaban J connectivity index is 1.25. The van der Waals surface area contributed by atoms with Crippen molar-refractivity contribution in [1.82, 2.24) is 15.0 Å². The van der Waals surface area contributed by atoms with Gasteiger partial charge in [0.05, 0.1) is 39.7 Å². The van der Waals surface area contributed by atoms with Gasteiger partial charge in [-0.3, -0.25) is 9.48 Å². The van der Waals surface area contributed by atoms with Gasteiger partial charge in [-0.05, 0) is 76.0 Å². The van der Waals surface area contributed by atoms with Crippen molar-refractivity contribution < 1.29 is 19.4 Å². The Bertz CT molecular complexity index is 1940. The van der Waals surface area contributed by atoms with Crippen molar-refractivity contribution >= 4 is 47.4 Å². The molecule has 5 aromatic rings. The number of methoxy groups -OCH3 is 1. The van der Waals surface area contributed by atoms with E-state index in [1.54, 1.807) is 11.8 Å². The van der Waals surface area contributed by atoms with E-state index in [9.17, 15) is 9.90 Å². The molecular formula is C39H41IN4O4Si. The molecule has 1 aromatic heterocycles. The highest BCUT2D eigenvalue weighted by Gasteiger charge is 2.66. The number of amides is 1. The van der Waals surface area contributed by atoms with E-state index in [0.717, 1.165) is 31.7 Å². The third kappa shape index (κ3) is 6.02. The molecule has 0 unspecified atom stereocenters. The molecular weight excluding hydrogens is 743 g/mol. The van der Waals surface area contributed by atoms with Gasteiger partial charge in [-0.25, -0.2) is 0 Å². The van der Waals surface area contributed by atoms with Crippen molar-refractivity contribution in [2.75, 3.05) is 12.0 Å². The van der Waals surface area contributed by atoms with Gasteiger partial charge in [-0.1, -0.05) is 103 Å². The number of benzene rings is 4. The predicted molar refractivity (Wildman–Crippen MR) is 202 cm³/mol. The zero-order chi connectivity index (χ0) is 34.3. The summed E-state index contributed by atoms with van der Waals surface area (Å²) >= 11 is 2.34. The van der Waals surface area contributed by atoms with E-state index in [1.807, 2.05) is 71.8 Å². The summed E-state index contributed by atoms with van der Waals surface area (Å²) in [4.78, 5) is 16.9. The van der Waals surface area contributed by atoms with E-state index in [2.05, 4.69) is 95.4 Å². The van der Waals surface area contributed by atoms with Crippen LogP contribution in [-0.2, 0) is 28.2 Å². The van der Waals surface area contributed by atoms with Crippen LogP contribution in [-0.4, -0.2) is 47.3 Å². The number of aryl methyl sites for hydroxylation is 1. The van der Waals surface area contributed by atoms with Gasteiger partial charge in [0.15, 0.2) is 5.60 Å². The quantitative estimate of drug-likeness (QED) is 0.124. The van der Waals surface area contributed by atoms with Crippen molar-refractivity contribution in [3.05, 3.63) is 135 Å². The number of aliphatic hydroxyl groups excluding tert-OH is 1. The van der Waals surface area contributed by atoms with E-state index in [-0.39, 0.29) is 23.5 Å². The van der Waals surface area contributed by atoms with Crippen molar-refractivity contribution in [2.45, 2.75) is 62.9 Å². The number of aromatic nitrogens is 3. The number of hydrogen-bond acceptors (Lipinski definition) is 6. The molecule has 5 atom stereocenters. The molecule has 7 rings (SSSR count). The molecule has 0 saturated carbocycles. The third-order valence-corrected chi connectivity index (χ3v) is 15.6. The third-order valence-electron chi connectivity index (χ3n) is 10.6. The minimum Gasteiger partial charge on any atom is -0.497 e. The Morgan fingerprint density at radius 2 is 1.69 bits per heavy atom. The second-order valence-electron chi connectivity index (χ2n) is 13.7. The van der Waals surface area contributed by atoms with Crippen LogP contribution in [0, 0.1) is 9.49 Å². The molecule has 0 bridgehead atoms. The molecule has 1 saturated heterocycles. The maximum Gasteiger partial charge on any atom is 0.264 e. The summed E-state index contributed by atoms with van der Waals surface area (Å²) in [6, 6.07) is 34.4. The fourth-order valence-electron chi connectivity index (χ4n) is 8.09. The number of carbonyl (C=O) groups is 1. The standard InChI is InChI=1S/C39H41IN4O4Si/c1-26-37(49(3,4)31-18-16-30(47-2)17-19-31)35(21-22-43-25-33(41-42-43)36(45)28-13-9-6-10-14-28)48-39(26)32-23-29(40)15-20-34(32)44(38(39)46)24-27-11-7-5-8-12-27/h5-20,23,25-26,35-37,45H,21-22,24H2,1-4H3/t26-,35+,36-,37-,39+/m1/s1. The van der Waals surface area contributed by atoms with E-state index in [1.165, 1.54) is 5.19 Å². The lowest BCUT2D eigenvalue weighted by molar-refractivity contribution is -0.146. The first kappa shape index (κ1) is 33.6. The summed E-state index contributed by atoms with van der Waals surface area (Å²) in [6.07, 6.45) is 1.36. The topological polar surface area (TPSA) is 89.7 Å². The number of halogens is 1. The first-order valence-corrected chi connectivity index (χ1v) is 20.9. The van der Waals surface area contributed by atoms with Crippen LogP contribution in [0.5, 0.6) is 5.75 Å². The predicted octanol–water partition coefficient (Wildman–Crippen LogP) is 6.83. The number of ether oxygens (including phenoxy) is 2. The number of aliphatic hydroxyl groups is 1. The molecule has 4 aromatic carbocycles. The number of rotatable bonds is 10. The second kappa shape index (κ2) is 13.5.